The number of anilines is 2. The van der Waals surface area contributed by atoms with Crippen LogP contribution in [-0.4, -0.2) is 23.2 Å². The number of carbonyl (C=O) groups is 3. The minimum atomic E-state index is -0.394. The highest BCUT2D eigenvalue weighted by Crippen LogP contribution is 2.13. The van der Waals surface area contributed by atoms with E-state index in [2.05, 4.69) is 15.8 Å². The van der Waals surface area contributed by atoms with Crippen molar-refractivity contribution in [3.63, 3.8) is 0 Å². The van der Waals surface area contributed by atoms with Crippen LogP contribution in [0.4, 0.5) is 11.4 Å². The quantitative estimate of drug-likeness (QED) is 0.478. The van der Waals surface area contributed by atoms with Gasteiger partial charge in [-0.15, -0.1) is 0 Å². The van der Waals surface area contributed by atoms with Crippen molar-refractivity contribution in [2.75, 3.05) is 10.7 Å². The van der Waals surface area contributed by atoms with E-state index in [1.165, 1.54) is 20.8 Å². The molecule has 100 valence electrons. The normalized spacial score (nSPS) is 9.42. The zero-order valence-corrected chi connectivity index (χ0v) is 11.0. The number of hydrogen-bond donors (Lipinski definition) is 2. The average molecular weight is 261 g/mol. The summed E-state index contributed by atoms with van der Waals surface area (Å²) in [4.78, 5) is 33.1. The molecule has 0 aliphatic rings. The molecular weight excluding hydrogens is 246 g/mol. The molecule has 0 fully saturated rings. The minimum absolute atomic E-state index is 0.133. The second kappa shape index (κ2) is 6.44. The molecule has 0 saturated carbocycles. The van der Waals surface area contributed by atoms with Crippen molar-refractivity contribution in [2.24, 2.45) is 5.10 Å². The molecule has 1 rings (SSSR count). The lowest BCUT2D eigenvalue weighted by Gasteiger charge is -2.05. The van der Waals surface area contributed by atoms with Crippen LogP contribution in [0.1, 0.15) is 20.8 Å². The first kappa shape index (κ1) is 14.6. The summed E-state index contributed by atoms with van der Waals surface area (Å²) in [5.74, 6) is -0.945. The van der Waals surface area contributed by atoms with Gasteiger partial charge in [0.25, 0.3) is 0 Å². The third-order valence-electron chi connectivity index (χ3n) is 2.17. The topological polar surface area (TPSA) is 87.6 Å². The van der Waals surface area contributed by atoms with Crippen LogP contribution in [0, 0.1) is 0 Å². The Hall–Kier alpha value is -2.50. The van der Waals surface area contributed by atoms with Gasteiger partial charge in [0.2, 0.25) is 5.91 Å². The van der Waals surface area contributed by atoms with E-state index in [0.29, 0.717) is 11.4 Å². The van der Waals surface area contributed by atoms with E-state index >= 15 is 0 Å². The highest BCUT2D eigenvalue weighted by atomic mass is 16.2. The molecule has 0 aliphatic heterocycles. The van der Waals surface area contributed by atoms with E-state index < -0.39 is 11.6 Å². The van der Waals surface area contributed by atoms with Crippen molar-refractivity contribution in [3.05, 3.63) is 24.3 Å². The molecule has 1 aromatic rings. The van der Waals surface area contributed by atoms with E-state index in [0.717, 1.165) is 0 Å². The molecular formula is C13H15N3O3. The fourth-order valence-corrected chi connectivity index (χ4v) is 1.36. The number of Topliss-reactive ketones (excluding diaryl/α,β-unsaturated/α-hetero) is 2. The van der Waals surface area contributed by atoms with Crippen LogP contribution in [0.25, 0.3) is 0 Å². The van der Waals surface area contributed by atoms with Gasteiger partial charge in [0.1, 0.15) is 0 Å². The van der Waals surface area contributed by atoms with Crippen LogP contribution in [0.15, 0.2) is 29.4 Å². The van der Waals surface area contributed by atoms with Gasteiger partial charge in [-0.05, 0) is 24.3 Å². The largest absolute Gasteiger partial charge is 0.326 e. The monoisotopic (exact) mass is 261 g/mol. The summed E-state index contributed by atoms with van der Waals surface area (Å²) in [5.41, 5.74) is 3.75. The molecule has 0 atom stereocenters. The van der Waals surface area contributed by atoms with Gasteiger partial charge in [0.05, 0.1) is 5.69 Å². The SMILES string of the molecule is CC(=O)Nc1ccc(NN=C(C(C)=O)C(C)=O)cc1. The van der Waals surface area contributed by atoms with Gasteiger partial charge in [0, 0.05) is 26.5 Å². The zero-order valence-electron chi connectivity index (χ0n) is 11.0. The fourth-order valence-electron chi connectivity index (χ4n) is 1.36. The lowest BCUT2D eigenvalue weighted by Crippen LogP contribution is -2.20. The van der Waals surface area contributed by atoms with Gasteiger partial charge in [-0.1, -0.05) is 0 Å². The summed E-state index contributed by atoms with van der Waals surface area (Å²) in [6.07, 6.45) is 0. The molecule has 1 aromatic carbocycles. The Morgan fingerprint density at radius 3 is 1.79 bits per heavy atom. The number of nitrogens with one attached hydrogen (secondary N) is 2. The van der Waals surface area contributed by atoms with Gasteiger partial charge < -0.3 is 5.32 Å². The Morgan fingerprint density at radius 2 is 1.37 bits per heavy atom. The number of carbonyl (C=O) groups excluding carboxylic acids is 3. The van der Waals surface area contributed by atoms with Gasteiger partial charge in [-0.2, -0.15) is 5.10 Å². The first-order chi connectivity index (χ1) is 8.90. The summed E-state index contributed by atoms with van der Waals surface area (Å²) >= 11 is 0. The second-order valence-electron chi connectivity index (χ2n) is 3.94. The molecule has 0 saturated heterocycles. The third-order valence-corrected chi connectivity index (χ3v) is 2.17. The van der Waals surface area contributed by atoms with Crippen molar-refractivity contribution >= 4 is 34.6 Å². The van der Waals surface area contributed by atoms with Crippen LogP contribution in [-0.2, 0) is 14.4 Å². The molecule has 0 bridgehead atoms. The number of hydrazone groups is 1. The van der Waals surface area contributed by atoms with Crippen molar-refractivity contribution in [3.8, 4) is 0 Å². The Bertz CT molecular complexity index is 517. The van der Waals surface area contributed by atoms with Crippen molar-refractivity contribution in [2.45, 2.75) is 20.8 Å². The number of nitrogens with zero attached hydrogens (tertiary/aromatic N) is 1. The standard InChI is InChI=1S/C13H15N3O3/c1-8(17)13(9(2)18)16-15-12-6-4-11(5-7-12)14-10(3)19/h4-7,15H,1-3H3,(H,14,19). The number of ketones is 2. The molecule has 0 heterocycles. The van der Waals surface area contributed by atoms with E-state index in [9.17, 15) is 14.4 Å². The summed E-state index contributed by atoms with van der Waals surface area (Å²) in [5, 5.41) is 6.39. The van der Waals surface area contributed by atoms with E-state index in [1.54, 1.807) is 24.3 Å². The number of amides is 1. The lowest BCUT2D eigenvalue weighted by atomic mass is 10.2. The summed E-state index contributed by atoms with van der Waals surface area (Å²) in [6.45, 7) is 3.98. The van der Waals surface area contributed by atoms with Gasteiger partial charge in [-0.3, -0.25) is 19.8 Å². The lowest BCUT2D eigenvalue weighted by molar-refractivity contribution is -0.115. The van der Waals surface area contributed by atoms with Crippen LogP contribution in [0.2, 0.25) is 0 Å². The van der Waals surface area contributed by atoms with E-state index in [1.807, 2.05) is 0 Å². The average Bonchev–Trinajstić information content (AvgIpc) is 2.29. The van der Waals surface area contributed by atoms with E-state index in [4.69, 9.17) is 0 Å². The molecule has 0 aliphatic carbocycles. The predicted molar refractivity (Wildman–Crippen MR) is 73.2 cm³/mol. The number of benzene rings is 1. The summed E-state index contributed by atoms with van der Waals surface area (Å²) in [6, 6.07) is 6.71. The maximum Gasteiger partial charge on any atom is 0.221 e. The molecule has 0 spiro atoms. The van der Waals surface area contributed by atoms with Crippen LogP contribution in [0.3, 0.4) is 0 Å². The van der Waals surface area contributed by atoms with Crippen LogP contribution < -0.4 is 10.7 Å². The Balaban J connectivity index is 2.78. The first-order valence-electron chi connectivity index (χ1n) is 5.63. The Kier molecular flexibility index (Phi) is 4.93. The maximum atomic E-state index is 11.1. The molecule has 0 aromatic heterocycles. The number of rotatable bonds is 5. The second-order valence-corrected chi connectivity index (χ2v) is 3.94. The fraction of sp³-hybridized carbons (Fsp3) is 0.231. The van der Waals surface area contributed by atoms with Crippen molar-refractivity contribution in [1.82, 2.24) is 0 Å². The molecule has 6 heteroatoms. The molecule has 1 amide bonds. The molecule has 0 unspecified atom stereocenters. The maximum absolute atomic E-state index is 11.1. The van der Waals surface area contributed by atoms with Crippen molar-refractivity contribution in [1.29, 1.82) is 0 Å². The Morgan fingerprint density at radius 1 is 0.895 bits per heavy atom. The van der Waals surface area contributed by atoms with Gasteiger partial charge in [0.15, 0.2) is 17.3 Å². The molecule has 6 nitrogen and oxygen atoms in total. The molecule has 2 N–H and O–H groups in total. The molecule has 19 heavy (non-hydrogen) atoms. The van der Waals surface area contributed by atoms with Gasteiger partial charge >= 0.3 is 0 Å². The molecule has 0 radical (unpaired) electrons. The zero-order chi connectivity index (χ0) is 14.4. The first-order valence-corrected chi connectivity index (χ1v) is 5.63. The van der Waals surface area contributed by atoms with Crippen molar-refractivity contribution < 1.29 is 14.4 Å². The number of hydrogen-bond acceptors (Lipinski definition) is 5. The van der Waals surface area contributed by atoms with Gasteiger partial charge in [-0.25, -0.2) is 0 Å². The smallest absolute Gasteiger partial charge is 0.221 e. The van der Waals surface area contributed by atoms with Crippen LogP contribution >= 0.6 is 0 Å². The Labute approximate surface area is 110 Å². The highest BCUT2D eigenvalue weighted by molar-refractivity contribution is 6.65. The minimum Gasteiger partial charge on any atom is -0.326 e. The summed E-state index contributed by atoms with van der Waals surface area (Å²) in [7, 11) is 0. The third kappa shape index (κ3) is 4.71. The van der Waals surface area contributed by atoms with E-state index in [-0.39, 0.29) is 11.6 Å². The van der Waals surface area contributed by atoms with Crippen LogP contribution in [0.5, 0.6) is 0 Å². The summed E-state index contributed by atoms with van der Waals surface area (Å²) < 4.78 is 0. The highest BCUT2D eigenvalue weighted by Gasteiger charge is 2.11. The predicted octanol–water partition coefficient (Wildman–Crippen LogP) is 1.59.